The molecule has 124 valence electrons. The van der Waals surface area contributed by atoms with Gasteiger partial charge in [-0.05, 0) is 42.3 Å². The summed E-state index contributed by atoms with van der Waals surface area (Å²) in [6.45, 7) is 2.30. The van der Waals surface area contributed by atoms with Crippen molar-refractivity contribution in [2.24, 2.45) is 0 Å². The third-order valence-electron chi connectivity index (χ3n) is 3.80. The number of hydrogen-bond donors (Lipinski definition) is 2. The summed E-state index contributed by atoms with van der Waals surface area (Å²) in [5.74, 6) is 0.747. The number of anilines is 2. The van der Waals surface area contributed by atoms with Crippen molar-refractivity contribution in [2.45, 2.75) is 13.5 Å². The Labute approximate surface area is 145 Å². The van der Waals surface area contributed by atoms with Gasteiger partial charge in [0, 0.05) is 30.1 Å². The van der Waals surface area contributed by atoms with E-state index in [0.717, 1.165) is 11.1 Å². The Morgan fingerprint density at radius 1 is 1.16 bits per heavy atom. The Morgan fingerprint density at radius 2 is 2.00 bits per heavy atom. The third kappa shape index (κ3) is 3.72. The standard InChI is InChI=1S/C19H16FN5/c1-12-6-14(8-21)10-25-19(12)24-9-13-2-4-16(17(20)7-13)15-3-5-18(22)23-11-15/h2-7,10-11H,9H2,1H3,(H2,22,23)(H,24,25). The van der Waals surface area contributed by atoms with Crippen LogP contribution in [0.2, 0.25) is 0 Å². The minimum atomic E-state index is -0.324. The van der Waals surface area contributed by atoms with Crippen LogP contribution in [0.3, 0.4) is 0 Å². The van der Waals surface area contributed by atoms with Gasteiger partial charge in [-0.25, -0.2) is 14.4 Å². The van der Waals surface area contributed by atoms with Gasteiger partial charge < -0.3 is 11.1 Å². The molecule has 0 aliphatic rings. The second kappa shape index (κ2) is 6.97. The van der Waals surface area contributed by atoms with Gasteiger partial charge in [0.1, 0.15) is 23.5 Å². The second-order valence-electron chi connectivity index (χ2n) is 5.64. The van der Waals surface area contributed by atoms with Crippen molar-refractivity contribution >= 4 is 11.6 Å². The molecular weight excluding hydrogens is 317 g/mol. The summed E-state index contributed by atoms with van der Waals surface area (Å²) in [5.41, 5.74) is 8.87. The van der Waals surface area contributed by atoms with Gasteiger partial charge in [0.25, 0.3) is 0 Å². The van der Waals surface area contributed by atoms with Crippen molar-refractivity contribution in [3.63, 3.8) is 0 Å². The quantitative estimate of drug-likeness (QED) is 0.761. The number of nitrogen functional groups attached to an aromatic ring is 1. The van der Waals surface area contributed by atoms with Gasteiger partial charge in [0.05, 0.1) is 5.56 Å². The van der Waals surface area contributed by atoms with Crippen LogP contribution in [0.4, 0.5) is 16.0 Å². The highest BCUT2D eigenvalue weighted by atomic mass is 19.1. The highest BCUT2D eigenvalue weighted by molar-refractivity contribution is 5.64. The highest BCUT2D eigenvalue weighted by Crippen LogP contribution is 2.24. The molecule has 1 aromatic carbocycles. The maximum absolute atomic E-state index is 14.4. The Bertz CT molecular complexity index is 945. The number of rotatable bonds is 4. The smallest absolute Gasteiger partial charge is 0.131 e. The lowest BCUT2D eigenvalue weighted by atomic mass is 10.0. The SMILES string of the molecule is Cc1cc(C#N)cnc1NCc1ccc(-c2ccc(N)nc2)c(F)c1. The van der Waals surface area contributed by atoms with Crippen LogP contribution >= 0.6 is 0 Å². The summed E-state index contributed by atoms with van der Waals surface area (Å²) in [6, 6.07) is 12.2. The molecule has 0 aliphatic heterocycles. The molecule has 2 aromatic heterocycles. The number of nitrogens with zero attached hydrogens (tertiary/aromatic N) is 3. The predicted octanol–water partition coefficient (Wildman–Crippen LogP) is 3.66. The van der Waals surface area contributed by atoms with E-state index < -0.39 is 0 Å². The zero-order chi connectivity index (χ0) is 17.8. The number of nitriles is 1. The molecule has 0 bridgehead atoms. The molecule has 3 rings (SSSR count). The molecule has 2 heterocycles. The van der Waals surface area contributed by atoms with Crippen LogP contribution in [-0.4, -0.2) is 9.97 Å². The molecule has 0 saturated heterocycles. The molecule has 6 heteroatoms. The summed E-state index contributed by atoms with van der Waals surface area (Å²) < 4.78 is 14.4. The van der Waals surface area contributed by atoms with Crippen LogP contribution in [0, 0.1) is 24.1 Å². The molecule has 0 spiro atoms. The van der Waals surface area contributed by atoms with Crippen LogP contribution in [0.15, 0.2) is 48.8 Å². The molecule has 0 aliphatic carbocycles. The van der Waals surface area contributed by atoms with Crippen LogP contribution in [-0.2, 0) is 6.54 Å². The predicted molar refractivity (Wildman–Crippen MR) is 95.1 cm³/mol. The van der Waals surface area contributed by atoms with E-state index in [1.54, 1.807) is 30.5 Å². The maximum atomic E-state index is 14.4. The maximum Gasteiger partial charge on any atom is 0.131 e. The largest absolute Gasteiger partial charge is 0.384 e. The Kier molecular flexibility index (Phi) is 4.57. The first-order chi connectivity index (χ1) is 12.1. The van der Waals surface area contributed by atoms with Gasteiger partial charge in [-0.15, -0.1) is 0 Å². The first kappa shape index (κ1) is 16.4. The lowest BCUT2D eigenvalue weighted by Crippen LogP contribution is -2.04. The molecule has 0 fully saturated rings. The summed E-state index contributed by atoms with van der Waals surface area (Å²) >= 11 is 0. The Balaban J connectivity index is 1.75. The number of nitrogens with two attached hydrogens (primary N) is 1. The van der Waals surface area contributed by atoms with E-state index in [1.807, 2.05) is 19.1 Å². The molecule has 25 heavy (non-hydrogen) atoms. The van der Waals surface area contributed by atoms with E-state index >= 15 is 0 Å². The van der Waals surface area contributed by atoms with Gasteiger partial charge in [-0.3, -0.25) is 0 Å². The fraction of sp³-hybridized carbons (Fsp3) is 0.105. The summed E-state index contributed by atoms with van der Waals surface area (Å²) in [5, 5.41) is 12.0. The lowest BCUT2D eigenvalue weighted by Gasteiger charge is -2.10. The minimum Gasteiger partial charge on any atom is -0.384 e. The average Bonchev–Trinajstić information content (AvgIpc) is 2.61. The number of pyridine rings is 2. The molecule has 0 radical (unpaired) electrons. The normalized spacial score (nSPS) is 10.3. The van der Waals surface area contributed by atoms with Crippen molar-refractivity contribution in [2.75, 3.05) is 11.1 Å². The summed E-state index contributed by atoms with van der Waals surface area (Å²) in [6.07, 6.45) is 3.06. The lowest BCUT2D eigenvalue weighted by molar-refractivity contribution is 0.629. The van der Waals surface area contributed by atoms with Crippen molar-refractivity contribution in [1.82, 2.24) is 9.97 Å². The van der Waals surface area contributed by atoms with E-state index in [-0.39, 0.29) is 5.82 Å². The van der Waals surface area contributed by atoms with E-state index in [2.05, 4.69) is 15.3 Å². The van der Waals surface area contributed by atoms with E-state index in [0.29, 0.717) is 34.9 Å². The molecule has 5 nitrogen and oxygen atoms in total. The van der Waals surface area contributed by atoms with Crippen molar-refractivity contribution in [3.05, 3.63) is 71.3 Å². The van der Waals surface area contributed by atoms with Gasteiger partial charge in [0.2, 0.25) is 0 Å². The molecular formula is C19H16FN5. The zero-order valence-electron chi connectivity index (χ0n) is 13.6. The topological polar surface area (TPSA) is 87.6 Å². The number of nitrogens with one attached hydrogen (secondary N) is 1. The van der Waals surface area contributed by atoms with Crippen LogP contribution in [0.1, 0.15) is 16.7 Å². The monoisotopic (exact) mass is 333 g/mol. The number of benzene rings is 1. The first-order valence-corrected chi connectivity index (χ1v) is 7.68. The molecule has 3 aromatic rings. The van der Waals surface area contributed by atoms with Crippen LogP contribution in [0.5, 0.6) is 0 Å². The fourth-order valence-corrected chi connectivity index (χ4v) is 2.47. The van der Waals surface area contributed by atoms with Crippen molar-refractivity contribution in [1.29, 1.82) is 5.26 Å². The van der Waals surface area contributed by atoms with Crippen LogP contribution in [0.25, 0.3) is 11.1 Å². The number of aromatic nitrogens is 2. The number of halogens is 1. The fourth-order valence-electron chi connectivity index (χ4n) is 2.47. The zero-order valence-corrected chi connectivity index (χ0v) is 13.6. The first-order valence-electron chi connectivity index (χ1n) is 7.68. The third-order valence-corrected chi connectivity index (χ3v) is 3.80. The van der Waals surface area contributed by atoms with E-state index in [4.69, 9.17) is 11.0 Å². The number of hydrogen-bond acceptors (Lipinski definition) is 5. The molecule has 0 saturated carbocycles. The van der Waals surface area contributed by atoms with Crippen molar-refractivity contribution in [3.8, 4) is 17.2 Å². The highest BCUT2D eigenvalue weighted by Gasteiger charge is 2.08. The molecule has 3 N–H and O–H groups in total. The Morgan fingerprint density at radius 3 is 2.64 bits per heavy atom. The summed E-state index contributed by atoms with van der Waals surface area (Å²) in [4.78, 5) is 8.20. The van der Waals surface area contributed by atoms with Gasteiger partial charge in [0.15, 0.2) is 0 Å². The second-order valence-corrected chi connectivity index (χ2v) is 5.64. The minimum absolute atomic E-state index is 0.324. The molecule has 0 unspecified atom stereocenters. The van der Waals surface area contributed by atoms with Crippen LogP contribution < -0.4 is 11.1 Å². The van der Waals surface area contributed by atoms with Gasteiger partial charge >= 0.3 is 0 Å². The summed E-state index contributed by atoms with van der Waals surface area (Å²) in [7, 11) is 0. The van der Waals surface area contributed by atoms with Crippen molar-refractivity contribution < 1.29 is 4.39 Å². The van der Waals surface area contributed by atoms with E-state index in [1.165, 1.54) is 12.3 Å². The van der Waals surface area contributed by atoms with Gasteiger partial charge in [-0.1, -0.05) is 12.1 Å². The average molecular weight is 333 g/mol. The number of aryl methyl sites for hydroxylation is 1. The van der Waals surface area contributed by atoms with Gasteiger partial charge in [-0.2, -0.15) is 5.26 Å². The Hall–Kier alpha value is -3.46. The van der Waals surface area contributed by atoms with E-state index in [9.17, 15) is 4.39 Å². The molecule has 0 amide bonds. The molecule has 0 atom stereocenters.